The highest BCUT2D eigenvalue weighted by Gasteiger charge is 2.29. The fraction of sp³-hybridized carbons (Fsp3) is 0.714. The van der Waals surface area contributed by atoms with E-state index in [1.165, 1.54) is 6.07 Å². The minimum Gasteiger partial charge on any atom is -0.391 e. The summed E-state index contributed by atoms with van der Waals surface area (Å²) in [5.41, 5.74) is -0.315. The molecule has 0 amide bonds. The molecular weight excluding hydrogens is 330 g/mol. The average molecular weight is 354 g/mol. The van der Waals surface area contributed by atoms with E-state index in [-0.39, 0.29) is 16.2 Å². The predicted octanol–water partition coefficient (Wildman–Crippen LogP) is 3.65. The van der Waals surface area contributed by atoms with E-state index < -0.39 is 16.1 Å². The smallest absolute Gasteiger partial charge is 0.250 e. The molecule has 1 aromatic rings. The minimum absolute atomic E-state index is 0.0109. The zero-order valence-electron chi connectivity index (χ0n) is 12.7. The summed E-state index contributed by atoms with van der Waals surface area (Å²) in [5.74, 6) is 0. The molecule has 0 saturated heterocycles. The van der Waals surface area contributed by atoms with Gasteiger partial charge in [0, 0.05) is 6.54 Å². The van der Waals surface area contributed by atoms with Crippen molar-refractivity contribution in [2.45, 2.75) is 56.8 Å². The van der Waals surface area contributed by atoms with Crippen LogP contribution in [0.15, 0.2) is 16.3 Å². The van der Waals surface area contributed by atoms with Crippen LogP contribution in [0.3, 0.4) is 0 Å². The molecule has 0 aliphatic carbocycles. The maximum Gasteiger partial charge on any atom is 0.250 e. The topological polar surface area (TPSA) is 66.4 Å². The average Bonchev–Trinajstić information content (AvgIpc) is 2.83. The highest BCUT2D eigenvalue weighted by molar-refractivity contribution is 7.91. The third kappa shape index (κ3) is 5.87. The number of hydrogen-bond donors (Lipinski definition) is 2. The standard InChI is InChI=1S/C14H24ClNO3S2/c1-4-5-6-9-14(2,3)11(17)10-16-21(18,19)13-8-7-12(15)20-13/h7-8,11,16-17H,4-6,9-10H2,1-3H3/t11-/m0/s1. The second-order valence-corrected chi connectivity index (χ2v) is 9.58. The molecule has 1 heterocycles. The fourth-order valence-corrected chi connectivity index (χ4v) is 4.54. The number of rotatable bonds is 9. The largest absolute Gasteiger partial charge is 0.391 e. The van der Waals surface area contributed by atoms with E-state index >= 15 is 0 Å². The lowest BCUT2D eigenvalue weighted by Gasteiger charge is -2.30. The molecule has 0 saturated carbocycles. The minimum atomic E-state index is -3.60. The number of halogens is 1. The van der Waals surface area contributed by atoms with E-state index in [9.17, 15) is 13.5 Å². The summed E-state index contributed by atoms with van der Waals surface area (Å²) in [6.45, 7) is 6.06. The van der Waals surface area contributed by atoms with Crippen molar-refractivity contribution in [2.24, 2.45) is 5.41 Å². The van der Waals surface area contributed by atoms with Gasteiger partial charge in [0.15, 0.2) is 0 Å². The van der Waals surface area contributed by atoms with E-state index in [0.29, 0.717) is 4.34 Å². The van der Waals surface area contributed by atoms with E-state index in [0.717, 1.165) is 37.0 Å². The Morgan fingerprint density at radius 3 is 2.57 bits per heavy atom. The Bertz CT molecular complexity index is 540. The second kappa shape index (κ2) is 7.92. The molecule has 1 rings (SSSR count). The zero-order valence-corrected chi connectivity index (χ0v) is 15.1. The van der Waals surface area contributed by atoms with Crippen LogP contribution in [0.2, 0.25) is 4.34 Å². The normalized spacial score (nSPS) is 14.3. The first-order chi connectivity index (χ1) is 9.69. The van der Waals surface area contributed by atoms with Crippen molar-refractivity contribution in [1.29, 1.82) is 0 Å². The predicted molar refractivity (Wildman–Crippen MR) is 88.4 cm³/mol. The number of sulfonamides is 1. The number of hydrogen-bond acceptors (Lipinski definition) is 4. The van der Waals surface area contributed by atoms with Gasteiger partial charge in [-0.15, -0.1) is 11.3 Å². The monoisotopic (exact) mass is 353 g/mol. The number of thiophene rings is 1. The zero-order chi connectivity index (χ0) is 16.1. The maximum atomic E-state index is 12.1. The van der Waals surface area contributed by atoms with Gasteiger partial charge in [-0.05, 0) is 24.0 Å². The summed E-state index contributed by atoms with van der Waals surface area (Å²) in [4.78, 5) is 0. The van der Waals surface area contributed by atoms with Crippen molar-refractivity contribution in [3.05, 3.63) is 16.5 Å². The van der Waals surface area contributed by atoms with Crippen molar-refractivity contribution in [3.63, 3.8) is 0 Å². The Labute approximate surface area is 136 Å². The lowest BCUT2D eigenvalue weighted by Crippen LogP contribution is -2.40. The Kier molecular flexibility index (Phi) is 7.13. The van der Waals surface area contributed by atoms with Crippen LogP contribution in [0.25, 0.3) is 0 Å². The summed E-state index contributed by atoms with van der Waals surface area (Å²) >= 11 is 6.75. The van der Waals surface area contributed by atoms with Gasteiger partial charge in [0.1, 0.15) is 4.21 Å². The Balaban J connectivity index is 2.57. The van der Waals surface area contributed by atoms with Gasteiger partial charge in [0.25, 0.3) is 0 Å². The van der Waals surface area contributed by atoms with Crippen molar-refractivity contribution in [2.75, 3.05) is 6.54 Å². The van der Waals surface area contributed by atoms with Crippen molar-refractivity contribution >= 4 is 33.0 Å². The molecule has 122 valence electrons. The quantitative estimate of drug-likeness (QED) is 0.666. The summed E-state index contributed by atoms with van der Waals surface area (Å²) in [7, 11) is -3.60. The molecule has 0 fully saturated rings. The van der Waals surface area contributed by atoms with Crippen LogP contribution in [0.4, 0.5) is 0 Å². The summed E-state index contributed by atoms with van der Waals surface area (Å²) in [6.07, 6.45) is 3.43. The van der Waals surface area contributed by atoms with E-state index in [2.05, 4.69) is 11.6 Å². The molecule has 7 heteroatoms. The maximum absolute atomic E-state index is 12.1. The van der Waals surface area contributed by atoms with Crippen LogP contribution in [0, 0.1) is 5.41 Å². The van der Waals surface area contributed by atoms with Gasteiger partial charge in [-0.25, -0.2) is 13.1 Å². The lowest BCUT2D eigenvalue weighted by atomic mass is 9.81. The molecule has 0 aromatic carbocycles. The van der Waals surface area contributed by atoms with E-state index in [1.54, 1.807) is 6.07 Å². The van der Waals surface area contributed by atoms with Crippen molar-refractivity contribution < 1.29 is 13.5 Å². The molecular formula is C14H24ClNO3S2. The van der Waals surface area contributed by atoms with Crippen LogP contribution >= 0.6 is 22.9 Å². The SMILES string of the molecule is CCCCCC(C)(C)[C@@H](O)CNS(=O)(=O)c1ccc(Cl)s1. The summed E-state index contributed by atoms with van der Waals surface area (Å²) < 4.78 is 27.2. The van der Waals surface area contributed by atoms with Crippen LogP contribution in [0.5, 0.6) is 0 Å². The van der Waals surface area contributed by atoms with Crippen molar-refractivity contribution in [1.82, 2.24) is 4.72 Å². The Hall–Kier alpha value is -0.140. The van der Waals surface area contributed by atoms with Crippen LogP contribution < -0.4 is 4.72 Å². The number of aliphatic hydroxyl groups excluding tert-OH is 1. The van der Waals surface area contributed by atoms with Crippen molar-refractivity contribution in [3.8, 4) is 0 Å². The van der Waals surface area contributed by atoms with Crippen LogP contribution in [-0.2, 0) is 10.0 Å². The van der Waals surface area contributed by atoms with E-state index in [4.69, 9.17) is 11.6 Å². The number of aliphatic hydroxyl groups is 1. The third-order valence-electron chi connectivity index (χ3n) is 3.61. The lowest BCUT2D eigenvalue weighted by molar-refractivity contribution is 0.0466. The fourth-order valence-electron chi connectivity index (χ4n) is 1.98. The molecule has 0 aliphatic rings. The van der Waals surface area contributed by atoms with Gasteiger partial charge < -0.3 is 5.11 Å². The molecule has 21 heavy (non-hydrogen) atoms. The first-order valence-electron chi connectivity index (χ1n) is 7.12. The number of nitrogens with one attached hydrogen (secondary N) is 1. The molecule has 4 nitrogen and oxygen atoms in total. The number of unbranched alkanes of at least 4 members (excludes halogenated alkanes) is 2. The first-order valence-corrected chi connectivity index (χ1v) is 9.80. The Morgan fingerprint density at radius 1 is 1.38 bits per heavy atom. The van der Waals surface area contributed by atoms with Crippen LogP contribution in [-0.4, -0.2) is 26.2 Å². The van der Waals surface area contributed by atoms with Gasteiger partial charge in [0.05, 0.1) is 10.4 Å². The second-order valence-electron chi connectivity index (χ2n) is 5.87. The third-order valence-corrected chi connectivity index (χ3v) is 6.75. The molecule has 0 bridgehead atoms. The van der Waals surface area contributed by atoms with Gasteiger partial charge in [0.2, 0.25) is 10.0 Å². The molecule has 1 aromatic heterocycles. The Morgan fingerprint density at radius 2 is 2.05 bits per heavy atom. The van der Waals surface area contributed by atoms with Gasteiger partial charge in [-0.3, -0.25) is 0 Å². The molecule has 0 aliphatic heterocycles. The highest BCUT2D eigenvalue weighted by atomic mass is 35.5. The summed E-state index contributed by atoms with van der Waals surface area (Å²) in [6, 6.07) is 3.01. The van der Waals surface area contributed by atoms with Gasteiger partial charge in [-0.2, -0.15) is 0 Å². The molecule has 0 radical (unpaired) electrons. The van der Waals surface area contributed by atoms with E-state index in [1.807, 2.05) is 13.8 Å². The van der Waals surface area contributed by atoms with Crippen LogP contribution in [0.1, 0.15) is 46.5 Å². The summed E-state index contributed by atoms with van der Waals surface area (Å²) in [5, 5.41) is 10.2. The molecule has 2 N–H and O–H groups in total. The molecule has 1 atom stereocenters. The first kappa shape index (κ1) is 18.9. The molecule has 0 spiro atoms. The molecule has 0 unspecified atom stereocenters. The highest BCUT2D eigenvalue weighted by Crippen LogP contribution is 2.29. The van der Waals surface area contributed by atoms with Gasteiger partial charge in [-0.1, -0.05) is 51.6 Å². The van der Waals surface area contributed by atoms with Gasteiger partial charge >= 0.3 is 0 Å².